The van der Waals surface area contributed by atoms with Gasteiger partial charge in [-0.15, -0.1) is 0 Å². The van der Waals surface area contributed by atoms with Gasteiger partial charge in [-0.2, -0.15) is 5.26 Å². The van der Waals surface area contributed by atoms with Crippen LogP contribution in [0.25, 0.3) is 0 Å². The molecule has 0 saturated heterocycles. The monoisotopic (exact) mass is 319 g/mol. The van der Waals surface area contributed by atoms with E-state index in [4.69, 9.17) is 5.26 Å². The Hall–Kier alpha value is -2.23. The van der Waals surface area contributed by atoms with Gasteiger partial charge < -0.3 is 5.11 Å². The van der Waals surface area contributed by atoms with E-state index in [9.17, 15) is 17.9 Å². The molecule has 0 aliphatic carbocycles. The van der Waals surface area contributed by atoms with Crippen molar-refractivity contribution >= 4 is 9.84 Å². The van der Waals surface area contributed by atoms with Crippen molar-refractivity contribution in [2.24, 2.45) is 0 Å². The maximum Gasteiger partial charge on any atom is 0.157 e. The van der Waals surface area contributed by atoms with E-state index in [-0.39, 0.29) is 5.56 Å². The van der Waals surface area contributed by atoms with Gasteiger partial charge in [0.25, 0.3) is 0 Å². The first-order valence-electron chi connectivity index (χ1n) is 6.53. The lowest BCUT2D eigenvalue weighted by Crippen LogP contribution is -2.17. The van der Waals surface area contributed by atoms with E-state index >= 15 is 0 Å². The summed E-state index contributed by atoms with van der Waals surface area (Å²) in [6.07, 6.45) is -1.22. The van der Waals surface area contributed by atoms with Gasteiger partial charge in [-0.05, 0) is 23.8 Å². The highest BCUT2D eigenvalue weighted by Gasteiger charge is 2.20. The minimum atomic E-state index is -3.68. The molecule has 0 radical (unpaired) electrons. The summed E-state index contributed by atoms with van der Waals surface area (Å²) in [5.74, 6) is -1.56. The van der Waals surface area contributed by atoms with E-state index in [2.05, 4.69) is 0 Å². The lowest BCUT2D eigenvalue weighted by molar-refractivity contribution is 0.201. The smallest absolute Gasteiger partial charge is 0.157 e. The standard InChI is InChI=1S/C16H14FNO3S/c17-15-4-2-1-3-14(15)10-22(20,21)11-16(19)13-7-5-12(9-18)6-8-13/h1-8,16,19H,10-11H2. The fraction of sp³-hybridized carbons (Fsp3) is 0.188. The maximum atomic E-state index is 13.5. The van der Waals surface area contributed by atoms with Crippen LogP contribution < -0.4 is 0 Å². The predicted molar refractivity (Wildman–Crippen MR) is 80.0 cm³/mol. The minimum absolute atomic E-state index is 0.0783. The first kappa shape index (κ1) is 16.1. The van der Waals surface area contributed by atoms with E-state index < -0.39 is 33.3 Å². The zero-order chi connectivity index (χ0) is 16.2. The fourth-order valence-electron chi connectivity index (χ4n) is 2.03. The first-order valence-corrected chi connectivity index (χ1v) is 8.35. The summed E-state index contributed by atoms with van der Waals surface area (Å²) in [4.78, 5) is 0. The molecule has 1 unspecified atom stereocenters. The Morgan fingerprint density at radius 3 is 2.36 bits per heavy atom. The molecule has 2 aromatic carbocycles. The fourth-order valence-corrected chi connectivity index (χ4v) is 3.53. The van der Waals surface area contributed by atoms with Gasteiger partial charge in [0, 0.05) is 5.56 Å². The summed E-state index contributed by atoms with van der Waals surface area (Å²) in [6.45, 7) is 0. The summed E-state index contributed by atoms with van der Waals surface area (Å²) >= 11 is 0. The van der Waals surface area contributed by atoms with Crippen molar-refractivity contribution in [1.29, 1.82) is 5.26 Å². The minimum Gasteiger partial charge on any atom is -0.387 e. The van der Waals surface area contributed by atoms with Gasteiger partial charge in [-0.25, -0.2) is 12.8 Å². The Bertz CT molecular complexity index is 795. The lowest BCUT2D eigenvalue weighted by Gasteiger charge is -2.12. The van der Waals surface area contributed by atoms with Crippen molar-refractivity contribution < 1.29 is 17.9 Å². The van der Waals surface area contributed by atoms with Crippen LogP contribution in [-0.4, -0.2) is 19.3 Å². The molecule has 4 nitrogen and oxygen atoms in total. The molecule has 1 atom stereocenters. The zero-order valence-electron chi connectivity index (χ0n) is 11.6. The number of nitrogens with zero attached hydrogens (tertiary/aromatic N) is 1. The number of sulfone groups is 1. The molecular formula is C16H14FNO3S. The summed E-state index contributed by atoms with van der Waals surface area (Å²) in [7, 11) is -3.68. The van der Waals surface area contributed by atoms with Gasteiger partial charge in [-0.3, -0.25) is 0 Å². The maximum absolute atomic E-state index is 13.5. The molecule has 0 heterocycles. The normalized spacial score (nSPS) is 12.6. The third-order valence-electron chi connectivity index (χ3n) is 3.17. The number of rotatable bonds is 5. The topological polar surface area (TPSA) is 78.2 Å². The first-order chi connectivity index (χ1) is 10.4. The van der Waals surface area contributed by atoms with Crippen molar-refractivity contribution in [2.75, 3.05) is 5.75 Å². The zero-order valence-corrected chi connectivity index (χ0v) is 12.4. The third kappa shape index (κ3) is 4.13. The number of benzene rings is 2. The average Bonchev–Trinajstić information content (AvgIpc) is 2.49. The number of hydrogen-bond acceptors (Lipinski definition) is 4. The predicted octanol–water partition coefficient (Wildman–Crippen LogP) is 2.35. The molecule has 0 aromatic heterocycles. The number of hydrogen-bond donors (Lipinski definition) is 1. The number of aliphatic hydroxyl groups excluding tert-OH is 1. The highest BCUT2D eigenvalue weighted by atomic mass is 32.2. The Labute approximate surface area is 128 Å². The molecule has 0 aliphatic rings. The summed E-state index contributed by atoms with van der Waals surface area (Å²) in [5.41, 5.74) is 0.899. The molecule has 0 aliphatic heterocycles. The van der Waals surface area contributed by atoms with Gasteiger partial charge >= 0.3 is 0 Å². The Morgan fingerprint density at radius 2 is 1.77 bits per heavy atom. The Morgan fingerprint density at radius 1 is 1.14 bits per heavy atom. The van der Waals surface area contributed by atoms with Crippen LogP contribution in [0, 0.1) is 17.1 Å². The summed E-state index contributed by atoms with van der Waals surface area (Å²) in [6, 6.07) is 13.6. The number of aliphatic hydroxyl groups is 1. The van der Waals surface area contributed by atoms with Crippen molar-refractivity contribution in [3.63, 3.8) is 0 Å². The largest absolute Gasteiger partial charge is 0.387 e. The molecule has 0 amide bonds. The van der Waals surface area contributed by atoms with Crippen LogP contribution in [0.5, 0.6) is 0 Å². The third-order valence-corrected chi connectivity index (χ3v) is 4.74. The molecule has 0 saturated carbocycles. The summed E-state index contributed by atoms with van der Waals surface area (Å²) in [5, 5.41) is 18.7. The molecule has 22 heavy (non-hydrogen) atoms. The Balaban J connectivity index is 2.11. The van der Waals surface area contributed by atoms with Crippen molar-refractivity contribution in [3.05, 3.63) is 71.0 Å². The van der Waals surface area contributed by atoms with Crippen LogP contribution in [-0.2, 0) is 15.6 Å². The molecule has 0 spiro atoms. The molecule has 0 fully saturated rings. The van der Waals surface area contributed by atoms with E-state index in [1.165, 1.54) is 42.5 Å². The average molecular weight is 319 g/mol. The van der Waals surface area contributed by atoms with Crippen molar-refractivity contribution in [2.45, 2.75) is 11.9 Å². The van der Waals surface area contributed by atoms with Crippen molar-refractivity contribution in [3.8, 4) is 6.07 Å². The number of nitriles is 1. The van der Waals surface area contributed by atoms with E-state index in [0.29, 0.717) is 11.1 Å². The quantitative estimate of drug-likeness (QED) is 0.917. The highest BCUT2D eigenvalue weighted by molar-refractivity contribution is 7.90. The molecule has 1 N–H and O–H groups in total. The van der Waals surface area contributed by atoms with Crippen molar-refractivity contribution in [1.82, 2.24) is 0 Å². The van der Waals surface area contributed by atoms with Gasteiger partial charge in [0.05, 0.1) is 29.2 Å². The lowest BCUT2D eigenvalue weighted by atomic mass is 10.1. The highest BCUT2D eigenvalue weighted by Crippen LogP contribution is 2.19. The van der Waals surface area contributed by atoms with Crippen LogP contribution in [0.15, 0.2) is 48.5 Å². The molecule has 6 heteroatoms. The van der Waals surface area contributed by atoms with Crippen LogP contribution in [0.1, 0.15) is 22.8 Å². The molecule has 2 rings (SSSR count). The summed E-state index contributed by atoms with van der Waals surface area (Å²) < 4.78 is 37.7. The van der Waals surface area contributed by atoms with E-state index in [0.717, 1.165) is 0 Å². The molecule has 2 aromatic rings. The van der Waals surface area contributed by atoms with Crippen LogP contribution in [0.2, 0.25) is 0 Å². The second kappa shape index (κ2) is 6.69. The molecule has 114 valence electrons. The van der Waals surface area contributed by atoms with Crippen LogP contribution in [0.4, 0.5) is 4.39 Å². The van der Waals surface area contributed by atoms with E-state index in [1.54, 1.807) is 6.07 Å². The second-order valence-corrected chi connectivity index (χ2v) is 7.00. The SMILES string of the molecule is N#Cc1ccc(C(O)CS(=O)(=O)Cc2ccccc2F)cc1. The Kier molecular flexibility index (Phi) is 4.91. The van der Waals surface area contributed by atoms with Gasteiger partial charge in [-0.1, -0.05) is 30.3 Å². The van der Waals surface area contributed by atoms with E-state index in [1.807, 2.05) is 6.07 Å². The number of halogens is 1. The van der Waals surface area contributed by atoms with Crippen LogP contribution >= 0.6 is 0 Å². The molecule has 0 bridgehead atoms. The second-order valence-electron chi connectivity index (χ2n) is 4.90. The van der Waals surface area contributed by atoms with Crippen LogP contribution in [0.3, 0.4) is 0 Å². The van der Waals surface area contributed by atoms with Gasteiger partial charge in [0.2, 0.25) is 0 Å². The molecular weight excluding hydrogens is 305 g/mol. The van der Waals surface area contributed by atoms with Gasteiger partial charge in [0.1, 0.15) is 5.82 Å². The van der Waals surface area contributed by atoms with Gasteiger partial charge in [0.15, 0.2) is 9.84 Å².